The van der Waals surface area contributed by atoms with Crippen LogP contribution in [0.1, 0.15) is 24.8 Å². The lowest BCUT2D eigenvalue weighted by molar-refractivity contribution is -0.385. The molecule has 0 spiro atoms. The molecule has 1 aliphatic carbocycles. The van der Waals surface area contributed by atoms with Gasteiger partial charge in [0, 0.05) is 36.4 Å². The number of fused-ring (bicyclic) bond motifs is 1. The molecule has 3 rings (SSSR count). The van der Waals surface area contributed by atoms with Crippen LogP contribution < -0.4 is 10.6 Å². The van der Waals surface area contributed by atoms with Crippen molar-refractivity contribution in [2.75, 3.05) is 18.0 Å². The summed E-state index contributed by atoms with van der Waals surface area (Å²) in [5.41, 5.74) is 8.10. The molecule has 0 amide bonds. The average molecular weight is 275 g/mol. The van der Waals surface area contributed by atoms with E-state index in [9.17, 15) is 10.1 Å². The van der Waals surface area contributed by atoms with Crippen molar-refractivity contribution in [3.05, 3.63) is 33.9 Å². The topological polar surface area (TPSA) is 72.4 Å². The van der Waals surface area contributed by atoms with Crippen molar-refractivity contribution >= 4 is 11.4 Å². The van der Waals surface area contributed by atoms with Crippen LogP contribution in [0.25, 0.3) is 0 Å². The maximum absolute atomic E-state index is 10.9. The first-order chi connectivity index (χ1) is 9.54. The molecule has 108 valence electrons. The first-order valence-corrected chi connectivity index (χ1v) is 7.30. The zero-order valence-corrected chi connectivity index (χ0v) is 11.8. The molecule has 1 aromatic carbocycles. The number of nitro benzene ring substituents is 1. The summed E-state index contributed by atoms with van der Waals surface area (Å²) in [7, 11) is 0. The highest BCUT2D eigenvalue weighted by molar-refractivity contribution is 5.56. The molecule has 2 fully saturated rings. The van der Waals surface area contributed by atoms with E-state index in [1.165, 1.54) is 6.42 Å². The molecule has 1 heterocycles. The predicted octanol–water partition coefficient (Wildman–Crippen LogP) is 2.47. The molecule has 5 heteroatoms. The largest absolute Gasteiger partial charge is 0.371 e. The minimum atomic E-state index is -0.318. The molecule has 0 radical (unpaired) electrons. The number of aryl methyl sites for hydroxylation is 1. The second-order valence-corrected chi connectivity index (χ2v) is 6.23. The number of hydrogen-bond donors (Lipinski definition) is 1. The molecule has 3 atom stereocenters. The summed E-state index contributed by atoms with van der Waals surface area (Å²) in [6.07, 6.45) is 3.47. The van der Waals surface area contributed by atoms with E-state index in [-0.39, 0.29) is 10.6 Å². The highest BCUT2D eigenvalue weighted by atomic mass is 16.6. The Morgan fingerprint density at radius 2 is 2.05 bits per heavy atom. The summed E-state index contributed by atoms with van der Waals surface area (Å²) in [5, 5.41) is 10.9. The number of benzene rings is 1. The lowest BCUT2D eigenvalue weighted by Crippen LogP contribution is -2.32. The van der Waals surface area contributed by atoms with Crippen LogP contribution >= 0.6 is 0 Å². The van der Waals surface area contributed by atoms with Crippen molar-refractivity contribution in [3.8, 4) is 0 Å². The number of nitrogens with two attached hydrogens (primary N) is 1. The Kier molecular flexibility index (Phi) is 3.38. The highest BCUT2D eigenvalue weighted by Crippen LogP contribution is 2.38. The molecule has 20 heavy (non-hydrogen) atoms. The molecular weight excluding hydrogens is 254 g/mol. The predicted molar refractivity (Wildman–Crippen MR) is 78.9 cm³/mol. The van der Waals surface area contributed by atoms with E-state index in [2.05, 4.69) is 4.90 Å². The van der Waals surface area contributed by atoms with E-state index >= 15 is 0 Å². The zero-order chi connectivity index (χ0) is 14.3. The Labute approximate surface area is 118 Å². The van der Waals surface area contributed by atoms with E-state index in [4.69, 9.17) is 5.73 Å². The molecule has 0 bridgehead atoms. The first kappa shape index (κ1) is 13.4. The van der Waals surface area contributed by atoms with Gasteiger partial charge in [-0.05, 0) is 50.2 Å². The van der Waals surface area contributed by atoms with Crippen molar-refractivity contribution in [2.24, 2.45) is 17.6 Å². The van der Waals surface area contributed by atoms with Gasteiger partial charge < -0.3 is 10.6 Å². The second-order valence-electron chi connectivity index (χ2n) is 6.23. The van der Waals surface area contributed by atoms with Gasteiger partial charge in [0.25, 0.3) is 5.69 Å². The second kappa shape index (κ2) is 5.05. The van der Waals surface area contributed by atoms with Gasteiger partial charge in [-0.25, -0.2) is 0 Å². The lowest BCUT2D eigenvalue weighted by Gasteiger charge is -2.27. The van der Waals surface area contributed by atoms with Gasteiger partial charge in [0.05, 0.1) is 4.92 Å². The molecule has 0 aromatic heterocycles. The summed E-state index contributed by atoms with van der Waals surface area (Å²) in [6, 6.07) is 5.80. The molecule has 1 saturated carbocycles. The van der Waals surface area contributed by atoms with Gasteiger partial charge in [0.2, 0.25) is 0 Å². The molecule has 1 saturated heterocycles. The van der Waals surface area contributed by atoms with Crippen LogP contribution in [0, 0.1) is 28.9 Å². The molecule has 1 aromatic rings. The summed E-state index contributed by atoms with van der Waals surface area (Å²) >= 11 is 0. The summed E-state index contributed by atoms with van der Waals surface area (Å²) in [6.45, 7) is 3.91. The summed E-state index contributed by atoms with van der Waals surface area (Å²) < 4.78 is 0. The van der Waals surface area contributed by atoms with E-state index in [0.717, 1.165) is 43.1 Å². The molecule has 1 aliphatic heterocycles. The molecule has 2 N–H and O–H groups in total. The Hall–Kier alpha value is -1.62. The highest BCUT2D eigenvalue weighted by Gasteiger charge is 2.36. The van der Waals surface area contributed by atoms with Gasteiger partial charge in [-0.3, -0.25) is 10.1 Å². The maximum atomic E-state index is 10.9. The quantitative estimate of drug-likeness (QED) is 0.664. The number of nitro groups is 1. The van der Waals surface area contributed by atoms with Crippen LogP contribution in [0.3, 0.4) is 0 Å². The summed E-state index contributed by atoms with van der Waals surface area (Å²) in [5.74, 6) is 1.43. The fraction of sp³-hybridized carbons (Fsp3) is 0.600. The third kappa shape index (κ3) is 2.38. The zero-order valence-electron chi connectivity index (χ0n) is 11.8. The van der Waals surface area contributed by atoms with Gasteiger partial charge in [0.1, 0.15) is 0 Å². The molecule has 5 nitrogen and oxygen atoms in total. The number of anilines is 1. The fourth-order valence-electron chi connectivity index (χ4n) is 3.72. The normalized spacial score (nSPS) is 29.3. The summed E-state index contributed by atoms with van der Waals surface area (Å²) in [4.78, 5) is 12.9. The third-order valence-corrected chi connectivity index (χ3v) is 4.83. The Morgan fingerprint density at radius 1 is 1.30 bits per heavy atom. The van der Waals surface area contributed by atoms with Crippen LogP contribution in [0.2, 0.25) is 0 Å². The minimum absolute atomic E-state index is 0.201. The number of rotatable bonds is 2. The number of hydrogen-bond acceptors (Lipinski definition) is 4. The van der Waals surface area contributed by atoms with E-state index in [0.29, 0.717) is 12.0 Å². The monoisotopic (exact) mass is 275 g/mol. The standard InChI is InChI=1S/C15H21N3O2/c1-10-6-14(4-5-15(10)18(19)20)17-8-11-2-3-13(16)7-12(11)9-17/h4-6,11-13H,2-3,7-9,16H2,1H3/t11-,12+,13?/m1/s1. The smallest absolute Gasteiger partial charge is 0.272 e. The Morgan fingerprint density at radius 3 is 2.75 bits per heavy atom. The van der Waals surface area contributed by atoms with Crippen molar-refractivity contribution in [1.29, 1.82) is 0 Å². The van der Waals surface area contributed by atoms with Crippen molar-refractivity contribution in [3.63, 3.8) is 0 Å². The Bertz CT molecular complexity index is 532. The number of nitrogens with zero attached hydrogens (tertiary/aromatic N) is 2. The lowest BCUT2D eigenvalue weighted by atomic mass is 9.79. The van der Waals surface area contributed by atoms with Gasteiger partial charge in [-0.2, -0.15) is 0 Å². The van der Waals surface area contributed by atoms with Crippen molar-refractivity contribution in [2.45, 2.75) is 32.2 Å². The van der Waals surface area contributed by atoms with Crippen LogP contribution in [-0.4, -0.2) is 24.1 Å². The molecule has 1 unspecified atom stereocenters. The van der Waals surface area contributed by atoms with Crippen LogP contribution in [-0.2, 0) is 0 Å². The Balaban J connectivity index is 1.78. The van der Waals surface area contributed by atoms with Crippen LogP contribution in [0.15, 0.2) is 18.2 Å². The van der Waals surface area contributed by atoms with Crippen LogP contribution in [0.5, 0.6) is 0 Å². The van der Waals surface area contributed by atoms with Crippen LogP contribution in [0.4, 0.5) is 11.4 Å². The van der Waals surface area contributed by atoms with Crippen molar-refractivity contribution in [1.82, 2.24) is 0 Å². The molecular formula is C15H21N3O2. The first-order valence-electron chi connectivity index (χ1n) is 7.30. The maximum Gasteiger partial charge on any atom is 0.272 e. The van der Waals surface area contributed by atoms with Gasteiger partial charge in [-0.1, -0.05) is 0 Å². The molecule has 2 aliphatic rings. The van der Waals surface area contributed by atoms with E-state index < -0.39 is 0 Å². The minimum Gasteiger partial charge on any atom is -0.371 e. The SMILES string of the molecule is Cc1cc(N2C[C@H]3CCC(N)C[C@H]3C2)ccc1[N+](=O)[O-]. The van der Waals surface area contributed by atoms with E-state index in [1.54, 1.807) is 13.0 Å². The van der Waals surface area contributed by atoms with Crippen molar-refractivity contribution < 1.29 is 4.92 Å². The van der Waals surface area contributed by atoms with Gasteiger partial charge in [-0.15, -0.1) is 0 Å². The average Bonchev–Trinajstić information content (AvgIpc) is 2.81. The van der Waals surface area contributed by atoms with Gasteiger partial charge in [0.15, 0.2) is 0 Å². The van der Waals surface area contributed by atoms with E-state index in [1.807, 2.05) is 12.1 Å². The fourth-order valence-corrected chi connectivity index (χ4v) is 3.72. The van der Waals surface area contributed by atoms with Gasteiger partial charge >= 0.3 is 0 Å². The third-order valence-electron chi connectivity index (χ3n) is 4.83.